The highest BCUT2D eigenvalue weighted by Gasteiger charge is 2.29. The molecule has 0 saturated heterocycles. The maximum absolute atomic E-state index is 10.3. The van der Waals surface area contributed by atoms with E-state index in [1.165, 1.54) is 0 Å². The van der Waals surface area contributed by atoms with Crippen LogP contribution < -0.4 is 10.5 Å². The topological polar surface area (TPSA) is 55.5 Å². The van der Waals surface area contributed by atoms with Crippen molar-refractivity contribution in [2.45, 2.75) is 24.7 Å². The molecule has 98 valence electrons. The molecule has 3 rings (SSSR count). The molecule has 3 atom stereocenters. The van der Waals surface area contributed by atoms with E-state index < -0.39 is 6.10 Å². The molecule has 0 amide bonds. The molecule has 3 unspecified atom stereocenters. The minimum Gasteiger partial charge on any atom is -0.485 e. The average molecular weight is 255 g/mol. The summed E-state index contributed by atoms with van der Waals surface area (Å²) in [5, 5.41) is 10.3. The first-order valence-electron chi connectivity index (χ1n) is 6.50. The van der Waals surface area contributed by atoms with Crippen LogP contribution in [0.3, 0.4) is 0 Å². The highest BCUT2D eigenvalue weighted by atomic mass is 16.5. The summed E-state index contributed by atoms with van der Waals surface area (Å²) in [4.78, 5) is 0. The van der Waals surface area contributed by atoms with E-state index in [1.807, 2.05) is 54.6 Å². The number of nitrogens with two attached hydrogens (primary N) is 1. The van der Waals surface area contributed by atoms with Gasteiger partial charge in [-0.05, 0) is 11.6 Å². The van der Waals surface area contributed by atoms with E-state index in [0.717, 1.165) is 16.9 Å². The van der Waals surface area contributed by atoms with Gasteiger partial charge in [-0.3, -0.25) is 0 Å². The van der Waals surface area contributed by atoms with Crippen LogP contribution in [0, 0.1) is 0 Å². The lowest BCUT2D eigenvalue weighted by Crippen LogP contribution is -2.29. The van der Waals surface area contributed by atoms with Crippen molar-refractivity contribution in [2.24, 2.45) is 5.73 Å². The molecule has 3 nitrogen and oxygen atoms in total. The molecule has 2 aromatic carbocycles. The van der Waals surface area contributed by atoms with Crippen LogP contribution in [0.4, 0.5) is 0 Å². The second-order valence-electron chi connectivity index (χ2n) is 4.90. The second-order valence-corrected chi connectivity index (χ2v) is 4.90. The molecule has 1 heterocycles. The molecule has 2 aromatic rings. The monoisotopic (exact) mass is 255 g/mol. The lowest BCUT2D eigenvalue weighted by molar-refractivity contribution is 0.131. The normalized spacial score (nSPS) is 26.1. The van der Waals surface area contributed by atoms with Crippen LogP contribution in [0.2, 0.25) is 0 Å². The van der Waals surface area contributed by atoms with Gasteiger partial charge in [-0.2, -0.15) is 0 Å². The number of aliphatic hydroxyl groups excluding tert-OH is 1. The number of rotatable bonds is 1. The van der Waals surface area contributed by atoms with Gasteiger partial charge in [0.1, 0.15) is 11.9 Å². The first-order chi connectivity index (χ1) is 9.25. The number of aliphatic hydroxyl groups is 1. The minimum atomic E-state index is -0.676. The number of benzene rings is 2. The fraction of sp³-hybridized carbons (Fsp3) is 0.250. The lowest BCUT2D eigenvalue weighted by Gasteiger charge is -2.19. The van der Waals surface area contributed by atoms with Gasteiger partial charge >= 0.3 is 0 Å². The molecule has 0 radical (unpaired) electrons. The molecule has 0 fully saturated rings. The maximum atomic E-state index is 10.3. The third kappa shape index (κ3) is 2.35. The van der Waals surface area contributed by atoms with Crippen molar-refractivity contribution < 1.29 is 9.84 Å². The predicted molar refractivity (Wildman–Crippen MR) is 73.8 cm³/mol. The summed E-state index contributed by atoms with van der Waals surface area (Å²) < 4.78 is 6.04. The zero-order valence-electron chi connectivity index (χ0n) is 10.6. The Labute approximate surface area is 112 Å². The van der Waals surface area contributed by atoms with Gasteiger partial charge < -0.3 is 15.6 Å². The molecule has 3 heteroatoms. The summed E-state index contributed by atoms with van der Waals surface area (Å²) in [6.07, 6.45) is -0.195. The Morgan fingerprint density at radius 2 is 1.68 bits per heavy atom. The quantitative estimate of drug-likeness (QED) is 0.823. The fourth-order valence-corrected chi connectivity index (χ4v) is 2.51. The van der Waals surface area contributed by atoms with Gasteiger partial charge in [-0.25, -0.2) is 0 Å². The van der Waals surface area contributed by atoms with Gasteiger partial charge in [-0.1, -0.05) is 48.5 Å². The first kappa shape index (κ1) is 12.2. The average Bonchev–Trinajstić information content (AvgIpc) is 2.58. The standard InChI is InChI=1S/C16H17NO2/c17-13-10-15(11-6-2-1-3-7-11)19-14-9-5-4-8-12(14)16(13)18/h1-9,13,15-16,18H,10,17H2. The van der Waals surface area contributed by atoms with Crippen molar-refractivity contribution in [1.82, 2.24) is 0 Å². The molecule has 0 spiro atoms. The van der Waals surface area contributed by atoms with Crippen molar-refractivity contribution in [3.63, 3.8) is 0 Å². The summed E-state index contributed by atoms with van der Waals surface area (Å²) in [6, 6.07) is 17.2. The van der Waals surface area contributed by atoms with E-state index in [0.29, 0.717) is 6.42 Å². The van der Waals surface area contributed by atoms with Crippen LogP contribution in [-0.4, -0.2) is 11.1 Å². The molecule has 19 heavy (non-hydrogen) atoms. The summed E-state index contributed by atoms with van der Waals surface area (Å²) >= 11 is 0. The van der Waals surface area contributed by atoms with Crippen molar-refractivity contribution in [1.29, 1.82) is 0 Å². The molecule has 0 bridgehead atoms. The van der Waals surface area contributed by atoms with Crippen LogP contribution in [0.25, 0.3) is 0 Å². The number of hydrogen-bond donors (Lipinski definition) is 2. The Morgan fingerprint density at radius 3 is 2.47 bits per heavy atom. The van der Waals surface area contributed by atoms with Gasteiger partial charge in [0, 0.05) is 18.0 Å². The lowest BCUT2D eigenvalue weighted by atomic mass is 9.97. The summed E-state index contributed by atoms with van der Waals surface area (Å²) in [6.45, 7) is 0. The smallest absolute Gasteiger partial charge is 0.126 e. The Bertz CT molecular complexity index is 556. The number of ether oxygens (including phenoxy) is 1. The molecule has 0 aliphatic carbocycles. The maximum Gasteiger partial charge on any atom is 0.126 e. The summed E-state index contributed by atoms with van der Waals surface area (Å²) in [5.74, 6) is 0.719. The van der Waals surface area contributed by atoms with Crippen LogP contribution >= 0.6 is 0 Å². The highest BCUT2D eigenvalue weighted by molar-refractivity contribution is 5.38. The number of para-hydroxylation sites is 1. The molecular formula is C16H17NO2. The Kier molecular flexibility index (Phi) is 3.23. The van der Waals surface area contributed by atoms with E-state index in [4.69, 9.17) is 10.5 Å². The molecule has 1 aliphatic rings. The van der Waals surface area contributed by atoms with Crippen molar-refractivity contribution in [3.05, 3.63) is 65.7 Å². The third-order valence-corrected chi connectivity index (χ3v) is 3.57. The Balaban J connectivity index is 1.99. The van der Waals surface area contributed by atoms with E-state index >= 15 is 0 Å². The minimum absolute atomic E-state index is 0.116. The molecule has 1 aliphatic heterocycles. The number of hydrogen-bond acceptors (Lipinski definition) is 3. The molecule has 0 aromatic heterocycles. The van der Waals surface area contributed by atoms with Crippen LogP contribution in [0.1, 0.15) is 29.8 Å². The summed E-state index contributed by atoms with van der Waals surface area (Å²) in [7, 11) is 0. The Morgan fingerprint density at radius 1 is 1.00 bits per heavy atom. The van der Waals surface area contributed by atoms with Gasteiger partial charge in [0.05, 0.1) is 6.10 Å². The second kappa shape index (κ2) is 5.03. The predicted octanol–water partition coefficient (Wildman–Crippen LogP) is 2.57. The van der Waals surface area contributed by atoms with Gasteiger partial charge in [-0.15, -0.1) is 0 Å². The van der Waals surface area contributed by atoms with Crippen LogP contribution in [0.15, 0.2) is 54.6 Å². The molecular weight excluding hydrogens is 238 g/mol. The zero-order valence-corrected chi connectivity index (χ0v) is 10.6. The largest absolute Gasteiger partial charge is 0.485 e. The molecule has 3 N–H and O–H groups in total. The number of fused-ring (bicyclic) bond motifs is 1. The van der Waals surface area contributed by atoms with E-state index in [-0.39, 0.29) is 12.1 Å². The molecule has 0 saturated carbocycles. The highest BCUT2D eigenvalue weighted by Crippen LogP contribution is 2.37. The van der Waals surface area contributed by atoms with Crippen molar-refractivity contribution in [3.8, 4) is 5.75 Å². The van der Waals surface area contributed by atoms with Crippen LogP contribution in [0.5, 0.6) is 5.75 Å². The van der Waals surface area contributed by atoms with E-state index in [1.54, 1.807) is 0 Å². The van der Waals surface area contributed by atoms with E-state index in [9.17, 15) is 5.11 Å². The van der Waals surface area contributed by atoms with Gasteiger partial charge in [0.2, 0.25) is 0 Å². The van der Waals surface area contributed by atoms with Crippen molar-refractivity contribution in [2.75, 3.05) is 0 Å². The first-order valence-corrected chi connectivity index (χ1v) is 6.50. The Hall–Kier alpha value is -1.84. The van der Waals surface area contributed by atoms with Crippen molar-refractivity contribution >= 4 is 0 Å². The van der Waals surface area contributed by atoms with Crippen LogP contribution in [-0.2, 0) is 0 Å². The third-order valence-electron chi connectivity index (χ3n) is 3.57. The van der Waals surface area contributed by atoms with Gasteiger partial charge in [0.25, 0.3) is 0 Å². The fourth-order valence-electron chi connectivity index (χ4n) is 2.51. The summed E-state index contributed by atoms with van der Waals surface area (Å²) in [5.41, 5.74) is 7.95. The van der Waals surface area contributed by atoms with E-state index in [2.05, 4.69) is 0 Å². The SMILES string of the molecule is NC1CC(c2ccccc2)Oc2ccccc2C1O. The van der Waals surface area contributed by atoms with Gasteiger partial charge in [0.15, 0.2) is 0 Å². The zero-order chi connectivity index (χ0) is 13.2.